The van der Waals surface area contributed by atoms with Gasteiger partial charge in [0.2, 0.25) is 5.91 Å². The van der Waals surface area contributed by atoms with E-state index >= 15 is 0 Å². The Morgan fingerprint density at radius 2 is 2.06 bits per heavy atom. The minimum absolute atomic E-state index is 0.0131. The number of rotatable bonds is 5. The maximum Gasteiger partial charge on any atom is 0.248 e. The first-order valence-corrected chi connectivity index (χ1v) is 12.0. The zero-order chi connectivity index (χ0) is 21.5. The van der Waals surface area contributed by atoms with Crippen LogP contribution in [-0.4, -0.2) is 48.5 Å². The van der Waals surface area contributed by atoms with Crippen molar-refractivity contribution in [1.29, 1.82) is 0 Å². The number of aliphatic hydroxyl groups is 1. The van der Waals surface area contributed by atoms with Crippen molar-refractivity contribution in [3.05, 3.63) is 53.0 Å². The second-order valence-corrected chi connectivity index (χ2v) is 10.2. The fourth-order valence-electron chi connectivity index (χ4n) is 4.15. The molecule has 5 rings (SSSR count). The maximum absolute atomic E-state index is 13.7. The first kappa shape index (κ1) is 20.3. The number of thiazole rings is 1. The highest BCUT2D eigenvalue weighted by Crippen LogP contribution is 2.38. The maximum atomic E-state index is 13.7. The summed E-state index contributed by atoms with van der Waals surface area (Å²) in [4.78, 5) is 21.3. The second-order valence-electron chi connectivity index (χ2n) is 8.17. The van der Waals surface area contributed by atoms with Crippen molar-refractivity contribution in [3.8, 4) is 10.6 Å². The van der Waals surface area contributed by atoms with Crippen LogP contribution in [0.5, 0.6) is 0 Å². The number of carbonyl (C=O) groups is 1. The molecule has 3 atom stereocenters. The fraction of sp³-hybridized carbons (Fsp3) is 0.364. The summed E-state index contributed by atoms with van der Waals surface area (Å²) in [5, 5.41) is 21.9. The number of hydrogen-bond donors (Lipinski definition) is 1. The van der Waals surface area contributed by atoms with Gasteiger partial charge in [-0.15, -0.1) is 27.8 Å². The van der Waals surface area contributed by atoms with Gasteiger partial charge in [0.15, 0.2) is 0 Å². The molecule has 1 saturated heterocycles. The average Bonchev–Trinajstić information content (AvgIpc) is 3.52. The van der Waals surface area contributed by atoms with E-state index in [1.54, 1.807) is 32.3 Å². The number of hydrogen-bond acceptors (Lipinski definition) is 7. The van der Waals surface area contributed by atoms with Crippen molar-refractivity contribution in [3.63, 3.8) is 0 Å². The van der Waals surface area contributed by atoms with E-state index in [0.717, 1.165) is 25.8 Å². The fourth-order valence-corrected chi connectivity index (χ4v) is 5.92. The van der Waals surface area contributed by atoms with Crippen LogP contribution in [0.2, 0.25) is 0 Å². The summed E-state index contributed by atoms with van der Waals surface area (Å²) in [6, 6.07) is 11.2. The van der Waals surface area contributed by atoms with E-state index in [4.69, 9.17) is 4.98 Å². The van der Waals surface area contributed by atoms with E-state index in [-0.39, 0.29) is 17.9 Å². The van der Waals surface area contributed by atoms with Crippen LogP contribution in [-0.2, 0) is 4.79 Å². The highest BCUT2D eigenvalue weighted by Gasteiger charge is 2.41. The molecule has 0 saturated carbocycles. The molecule has 7 nitrogen and oxygen atoms in total. The molecular formula is C22H23N5O2S2. The van der Waals surface area contributed by atoms with Crippen molar-refractivity contribution in [2.75, 3.05) is 6.54 Å². The standard InChI is InChI=1S/C22H23N5O2S2/c1-13(2)20(27-12-16(24-25-27)18-8-5-9-30-18)22(29)26-11-14(28)10-17(26)21-23-15-6-3-4-7-19(15)31-21/h3-9,12-14,17,20,28H,10-11H2,1-2H3. The Bertz CT molecular complexity index is 1170. The predicted octanol–water partition coefficient (Wildman–Crippen LogP) is 4.15. The largest absolute Gasteiger partial charge is 0.391 e. The lowest BCUT2D eigenvalue weighted by Gasteiger charge is -2.29. The molecule has 9 heteroatoms. The Labute approximate surface area is 188 Å². The molecule has 1 fully saturated rings. The smallest absolute Gasteiger partial charge is 0.248 e. The number of fused-ring (bicyclic) bond motifs is 1. The molecule has 1 aliphatic heterocycles. The molecule has 3 unspecified atom stereocenters. The summed E-state index contributed by atoms with van der Waals surface area (Å²) >= 11 is 3.18. The van der Waals surface area contributed by atoms with Gasteiger partial charge in [-0.2, -0.15) is 0 Å². The topological polar surface area (TPSA) is 84.1 Å². The molecule has 31 heavy (non-hydrogen) atoms. The molecule has 160 valence electrons. The summed E-state index contributed by atoms with van der Waals surface area (Å²) in [5.41, 5.74) is 1.69. The third kappa shape index (κ3) is 3.77. The molecule has 0 aliphatic carbocycles. The molecule has 1 N–H and O–H groups in total. The molecule has 4 heterocycles. The Morgan fingerprint density at radius 3 is 2.81 bits per heavy atom. The third-order valence-electron chi connectivity index (χ3n) is 5.61. The molecule has 0 spiro atoms. The van der Waals surface area contributed by atoms with E-state index in [0.29, 0.717) is 13.0 Å². The molecule has 0 radical (unpaired) electrons. The minimum Gasteiger partial charge on any atom is -0.391 e. The van der Waals surface area contributed by atoms with Gasteiger partial charge in [0.05, 0.1) is 33.4 Å². The zero-order valence-electron chi connectivity index (χ0n) is 17.3. The van der Waals surface area contributed by atoms with E-state index in [9.17, 15) is 9.90 Å². The number of amides is 1. The van der Waals surface area contributed by atoms with E-state index < -0.39 is 12.1 Å². The SMILES string of the molecule is CC(C)C(C(=O)N1CC(O)CC1c1nc2ccccc2s1)n1cc(-c2cccs2)nn1. The molecule has 1 amide bonds. The number of thiophene rings is 1. The highest BCUT2D eigenvalue weighted by atomic mass is 32.1. The Kier molecular flexibility index (Phi) is 5.33. The Morgan fingerprint density at radius 1 is 1.23 bits per heavy atom. The lowest BCUT2D eigenvalue weighted by molar-refractivity contribution is -0.137. The zero-order valence-corrected chi connectivity index (χ0v) is 18.9. The summed E-state index contributed by atoms with van der Waals surface area (Å²) in [6.07, 6.45) is 1.77. The quantitative estimate of drug-likeness (QED) is 0.491. The van der Waals surface area contributed by atoms with Crippen molar-refractivity contribution in [1.82, 2.24) is 24.9 Å². The number of para-hydroxylation sites is 1. The van der Waals surface area contributed by atoms with Crippen molar-refractivity contribution in [2.45, 2.75) is 38.5 Å². The van der Waals surface area contributed by atoms with Gasteiger partial charge >= 0.3 is 0 Å². The van der Waals surface area contributed by atoms with Gasteiger partial charge in [0.1, 0.15) is 16.7 Å². The van der Waals surface area contributed by atoms with E-state index in [1.807, 2.05) is 61.8 Å². The second kappa shape index (κ2) is 8.14. The lowest BCUT2D eigenvalue weighted by atomic mass is 10.0. The van der Waals surface area contributed by atoms with Crippen molar-refractivity contribution in [2.24, 2.45) is 5.92 Å². The number of benzene rings is 1. The van der Waals surface area contributed by atoms with Gasteiger partial charge in [-0.05, 0) is 29.5 Å². The first-order valence-electron chi connectivity index (χ1n) is 10.3. The normalized spacial score (nSPS) is 20.1. The summed E-state index contributed by atoms with van der Waals surface area (Å²) in [7, 11) is 0. The van der Waals surface area contributed by atoms with Crippen LogP contribution in [0.1, 0.15) is 37.4 Å². The minimum atomic E-state index is -0.564. The van der Waals surface area contributed by atoms with Gasteiger partial charge in [-0.25, -0.2) is 9.67 Å². The number of likely N-dealkylation sites (tertiary alicyclic amines) is 1. The van der Waals surface area contributed by atoms with Gasteiger partial charge in [-0.1, -0.05) is 37.3 Å². The third-order valence-corrected chi connectivity index (χ3v) is 7.64. The van der Waals surface area contributed by atoms with Crippen LogP contribution >= 0.6 is 22.7 Å². The van der Waals surface area contributed by atoms with Crippen LogP contribution in [0.3, 0.4) is 0 Å². The van der Waals surface area contributed by atoms with E-state index in [2.05, 4.69) is 10.3 Å². The van der Waals surface area contributed by atoms with Crippen LogP contribution in [0.25, 0.3) is 20.8 Å². The number of aromatic nitrogens is 4. The molecule has 0 bridgehead atoms. The van der Waals surface area contributed by atoms with Crippen LogP contribution in [0.15, 0.2) is 48.0 Å². The summed E-state index contributed by atoms with van der Waals surface area (Å²) in [6.45, 7) is 4.32. The predicted molar refractivity (Wildman–Crippen MR) is 122 cm³/mol. The van der Waals surface area contributed by atoms with Gasteiger partial charge < -0.3 is 10.0 Å². The van der Waals surface area contributed by atoms with Crippen LogP contribution in [0, 0.1) is 5.92 Å². The highest BCUT2D eigenvalue weighted by molar-refractivity contribution is 7.18. The molecule has 1 aromatic carbocycles. The average molecular weight is 454 g/mol. The van der Waals surface area contributed by atoms with Gasteiger partial charge in [0, 0.05) is 13.0 Å². The first-order chi connectivity index (χ1) is 15.0. The van der Waals surface area contributed by atoms with Gasteiger partial charge in [0.25, 0.3) is 0 Å². The summed E-state index contributed by atoms with van der Waals surface area (Å²) in [5.74, 6) is -0.0439. The molecule has 1 aliphatic rings. The number of aliphatic hydroxyl groups excluding tert-OH is 1. The van der Waals surface area contributed by atoms with E-state index in [1.165, 1.54) is 0 Å². The molecule has 3 aromatic heterocycles. The number of nitrogens with zero attached hydrogens (tertiary/aromatic N) is 5. The van der Waals surface area contributed by atoms with Crippen LogP contribution < -0.4 is 0 Å². The Hall–Kier alpha value is -2.62. The molecular weight excluding hydrogens is 430 g/mol. The van der Waals surface area contributed by atoms with Crippen LogP contribution in [0.4, 0.5) is 0 Å². The molecule has 4 aromatic rings. The number of carbonyl (C=O) groups excluding carboxylic acids is 1. The lowest BCUT2D eigenvalue weighted by Crippen LogP contribution is -2.40. The number of β-amino-alcohol motifs (C(OH)–C–C–N with tert-alkyl or cyclic N) is 1. The van der Waals surface area contributed by atoms with Crippen molar-refractivity contribution < 1.29 is 9.90 Å². The van der Waals surface area contributed by atoms with Gasteiger partial charge in [-0.3, -0.25) is 4.79 Å². The summed E-state index contributed by atoms with van der Waals surface area (Å²) < 4.78 is 2.76. The Balaban J connectivity index is 1.46. The van der Waals surface area contributed by atoms with Crippen molar-refractivity contribution >= 4 is 38.8 Å². The monoisotopic (exact) mass is 453 g/mol.